The fourth-order valence-corrected chi connectivity index (χ4v) is 4.34. The van der Waals surface area contributed by atoms with E-state index >= 15 is 0 Å². The van der Waals surface area contributed by atoms with Gasteiger partial charge in [0.1, 0.15) is 6.23 Å². The Kier molecular flexibility index (Phi) is 26.9. The lowest BCUT2D eigenvalue weighted by atomic mass is 10.0. The maximum absolute atomic E-state index is 10.0. The lowest BCUT2D eigenvalue weighted by molar-refractivity contribution is 0.124. The van der Waals surface area contributed by atoms with Gasteiger partial charge in [-0.2, -0.15) is 0 Å². The molecule has 0 saturated carbocycles. The van der Waals surface area contributed by atoms with Gasteiger partial charge in [0.2, 0.25) is 0 Å². The van der Waals surface area contributed by atoms with E-state index in [0.717, 1.165) is 13.0 Å². The quantitative estimate of drug-likeness (QED) is 0.107. The number of unbranched alkanes of at least 4 members (excludes halogenated alkanes) is 21. The first-order valence-corrected chi connectivity index (χ1v) is 14.2. The Labute approximate surface area is 191 Å². The number of rotatable bonds is 26. The number of aliphatic hydroxyl groups is 1. The van der Waals surface area contributed by atoms with Gasteiger partial charge in [0.15, 0.2) is 0 Å². The van der Waals surface area contributed by atoms with Crippen LogP contribution in [-0.4, -0.2) is 17.9 Å². The smallest absolute Gasteiger partial charge is 0.104 e. The van der Waals surface area contributed by atoms with Crippen LogP contribution in [0.5, 0.6) is 0 Å². The second kappa shape index (κ2) is 27.0. The maximum Gasteiger partial charge on any atom is 0.104 e. The van der Waals surface area contributed by atoms with E-state index in [1.165, 1.54) is 148 Å². The van der Waals surface area contributed by atoms with Crippen LogP contribution in [0.1, 0.15) is 168 Å². The summed E-state index contributed by atoms with van der Waals surface area (Å²) in [7, 11) is 0. The Morgan fingerprint density at radius 3 is 1.10 bits per heavy atom. The van der Waals surface area contributed by atoms with Gasteiger partial charge in [-0.25, -0.2) is 0 Å². The SMILES string of the molecule is CCCCCCCCCCCCCCCCCCCC(O)NCCCCCCCC. The number of hydrogen-bond acceptors (Lipinski definition) is 2. The van der Waals surface area contributed by atoms with E-state index < -0.39 is 0 Å². The molecule has 0 amide bonds. The minimum atomic E-state index is -0.281. The van der Waals surface area contributed by atoms with Crippen LogP contribution in [0.15, 0.2) is 0 Å². The van der Waals surface area contributed by atoms with Gasteiger partial charge in [0.25, 0.3) is 0 Å². The Balaban J connectivity index is 3.10. The van der Waals surface area contributed by atoms with E-state index in [2.05, 4.69) is 19.2 Å². The normalized spacial score (nSPS) is 12.5. The summed E-state index contributed by atoms with van der Waals surface area (Å²) in [5.74, 6) is 0. The van der Waals surface area contributed by atoms with Gasteiger partial charge >= 0.3 is 0 Å². The summed E-state index contributed by atoms with van der Waals surface area (Å²) in [5.41, 5.74) is 0. The van der Waals surface area contributed by atoms with Crippen LogP contribution in [0.25, 0.3) is 0 Å². The molecule has 1 atom stereocenters. The van der Waals surface area contributed by atoms with Crippen molar-refractivity contribution in [3.63, 3.8) is 0 Å². The summed E-state index contributed by atoms with van der Waals surface area (Å²) >= 11 is 0. The van der Waals surface area contributed by atoms with E-state index in [0.29, 0.717) is 0 Å². The molecule has 0 aliphatic rings. The maximum atomic E-state index is 10.0. The Hall–Kier alpha value is -0.0800. The molecule has 0 saturated heterocycles. The van der Waals surface area contributed by atoms with Crippen LogP contribution >= 0.6 is 0 Å². The van der Waals surface area contributed by atoms with Crippen molar-refractivity contribution >= 4 is 0 Å². The molecule has 0 aromatic carbocycles. The molecule has 1 unspecified atom stereocenters. The summed E-state index contributed by atoms with van der Waals surface area (Å²) in [6, 6.07) is 0. The summed E-state index contributed by atoms with van der Waals surface area (Å²) in [6.45, 7) is 5.53. The minimum absolute atomic E-state index is 0.281. The lowest BCUT2D eigenvalue weighted by Crippen LogP contribution is -2.29. The molecule has 0 heterocycles. The standard InChI is InChI=1S/C28H59NO/c1-3-5-7-9-11-12-13-14-15-16-17-18-19-20-21-22-24-26-28(30)29-27-25-23-10-8-6-4-2/h28-30H,3-27H2,1-2H3. The Morgan fingerprint density at radius 2 is 0.733 bits per heavy atom. The van der Waals surface area contributed by atoms with Crippen LogP contribution in [0, 0.1) is 0 Å². The molecule has 0 bridgehead atoms. The number of aliphatic hydroxyl groups excluding tert-OH is 1. The predicted octanol–water partition coefficient (Wildman–Crippen LogP) is 9.30. The first-order valence-electron chi connectivity index (χ1n) is 14.2. The van der Waals surface area contributed by atoms with Crippen molar-refractivity contribution in [3.8, 4) is 0 Å². The van der Waals surface area contributed by atoms with Crippen LogP contribution < -0.4 is 5.32 Å². The highest BCUT2D eigenvalue weighted by atomic mass is 16.3. The van der Waals surface area contributed by atoms with Crippen LogP contribution in [-0.2, 0) is 0 Å². The monoisotopic (exact) mass is 425 g/mol. The molecule has 0 aliphatic heterocycles. The molecule has 2 N–H and O–H groups in total. The van der Waals surface area contributed by atoms with Crippen molar-refractivity contribution in [2.45, 2.75) is 174 Å². The molecule has 0 aliphatic carbocycles. The third kappa shape index (κ3) is 26.0. The highest BCUT2D eigenvalue weighted by Crippen LogP contribution is 2.14. The van der Waals surface area contributed by atoms with Gasteiger partial charge in [-0.3, -0.25) is 5.32 Å². The first kappa shape index (κ1) is 29.9. The fraction of sp³-hybridized carbons (Fsp3) is 1.00. The van der Waals surface area contributed by atoms with Crippen LogP contribution in [0.3, 0.4) is 0 Å². The first-order chi connectivity index (χ1) is 14.8. The molecule has 0 spiro atoms. The fourth-order valence-electron chi connectivity index (χ4n) is 4.34. The zero-order valence-electron chi connectivity index (χ0n) is 21.2. The molecule has 0 aromatic heterocycles. The van der Waals surface area contributed by atoms with Gasteiger partial charge in [0, 0.05) is 0 Å². The Bertz CT molecular complexity index is 294. The predicted molar refractivity (Wildman–Crippen MR) is 136 cm³/mol. The van der Waals surface area contributed by atoms with E-state index in [4.69, 9.17) is 0 Å². The molecule has 0 aromatic rings. The van der Waals surface area contributed by atoms with Gasteiger partial charge in [-0.1, -0.05) is 149 Å². The Morgan fingerprint density at radius 1 is 0.433 bits per heavy atom. The third-order valence-electron chi connectivity index (χ3n) is 6.49. The number of hydrogen-bond donors (Lipinski definition) is 2. The van der Waals surface area contributed by atoms with Crippen molar-refractivity contribution in [1.29, 1.82) is 0 Å². The van der Waals surface area contributed by atoms with E-state index in [1.807, 2.05) is 0 Å². The van der Waals surface area contributed by atoms with Gasteiger partial charge in [-0.15, -0.1) is 0 Å². The van der Waals surface area contributed by atoms with E-state index in [9.17, 15) is 5.11 Å². The largest absolute Gasteiger partial charge is 0.379 e. The molecular formula is C28H59NO. The average Bonchev–Trinajstić information content (AvgIpc) is 2.75. The summed E-state index contributed by atoms with van der Waals surface area (Å²) in [4.78, 5) is 0. The summed E-state index contributed by atoms with van der Waals surface area (Å²) in [6.07, 6.45) is 32.5. The van der Waals surface area contributed by atoms with Crippen LogP contribution in [0.2, 0.25) is 0 Å². The second-order valence-electron chi connectivity index (χ2n) is 9.68. The second-order valence-corrected chi connectivity index (χ2v) is 9.68. The highest BCUT2D eigenvalue weighted by Gasteiger charge is 2.02. The lowest BCUT2D eigenvalue weighted by Gasteiger charge is -2.12. The topological polar surface area (TPSA) is 32.3 Å². The molecule has 0 rings (SSSR count). The molecule has 0 radical (unpaired) electrons. The number of nitrogens with one attached hydrogen (secondary N) is 1. The third-order valence-corrected chi connectivity index (χ3v) is 6.49. The average molecular weight is 426 g/mol. The zero-order chi connectivity index (χ0) is 22.0. The highest BCUT2D eigenvalue weighted by molar-refractivity contribution is 4.56. The van der Waals surface area contributed by atoms with E-state index in [1.54, 1.807) is 0 Å². The molecule has 2 nitrogen and oxygen atoms in total. The zero-order valence-corrected chi connectivity index (χ0v) is 21.2. The molecular weight excluding hydrogens is 366 g/mol. The van der Waals surface area contributed by atoms with Crippen molar-refractivity contribution < 1.29 is 5.11 Å². The molecule has 182 valence electrons. The molecule has 0 fully saturated rings. The molecule has 2 heteroatoms. The van der Waals surface area contributed by atoms with Crippen molar-refractivity contribution in [2.24, 2.45) is 0 Å². The van der Waals surface area contributed by atoms with Crippen molar-refractivity contribution in [3.05, 3.63) is 0 Å². The van der Waals surface area contributed by atoms with Crippen molar-refractivity contribution in [1.82, 2.24) is 5.32 Å². The minimum Gasteiger partial charge on any atom is -0.379 e. The van der Waals surface area contributed by atoms with Gasteiger partial charge in [-0.05, 0) is 25.8 Å². The van der Waals surface area contributed by atoms with Gasteiger partial charge in [0.05, 0.1) is 0 Å². The van der Waals surface area contributed by atoms with Gasteiger partial charge < -0.3 is 5.11 Å². The van der Waals surface area contributed by atoms with Crippen LogP contribution in [0.4, 0.5) is 0 Å². The van der Waals surface area contributed by atoms with Crippen molar-refractivity contribution in [2.75, 3.05) is 6.54 Å². The van der Waals surface area contributed by atoms with E-state index in [-0.39, 0.29) is 6.23 Å². The summed E-state index contributed by atoms with van der Waals surface area (Å²) in [5, 5.41) is 13.3. The summed E-state index contributed by atoms with van der Waals surface area (Å²) < 4.78 is 0. The molecule has 30 heavy (non-hydrogen) atoms.